The molecular weight excluding hydrogens is 348 g/mol. The van der Waals surface area contributed by atoms with Gasteiger partial charge < -0.3 is 9.64 Å². The Kier molecular flexibility index (Phi) is 5.99. The number of rotatable bonds is 7. The molecule has 1 amide bonds. The van der Waals surface area contributed by atoms with Crippen molar-refractivity contribution in [2.45, 2.75) is 26.3 Å². The molecule has 1 fully saturated rings. The highest BCUT2D eigenvalue weighted by molar-refractivity contribution is 7.91. The number of sulfone groups is 1. The molecule has 1 aromatic rings. The Labute approximate surface area is 146 Å². The molecule has 0 spiro atoms. The summed E-state index contributed by atoms with van der Waals surface area (Å²) < 4.78 is 28.8. The first-order valence-corrected chi connectivity index (χ1v) is 9.87. The summed E-state index contributed by atoms with van der Waals surface area (Å²) in [7, 11) is -3.09. The predicted molar refractivity (Wildman–Crippen MR) is 92.2 cm³/mol. The van der Waals surface area contributed by atoms with Gasteiger partial charge in [0.25, 0.3) is 11.6 Å². The summed E-state index contributed by atoms with van der Waals surface area (Å²) >= 11 is 0. The van der Waals surface area contributed by atoms with E-state index in [1.807, 2.05) is 13.8 Å². The van der Waals surface area contributed by atoms with E-state index in [9.17, 15) is 23.3 Å². The number of nitro groups is 1. The van der Waals surface area contributed by atoms with Gasteiger partial charge in [-0.05, 0) is 24.5 Å². The lowest BCUT2D eigenvalue weighted by molar-refractivity contribution is -0.384. The van der Waals surface area contributed by atoms with E-state index in [0.717, 1.165) is 0 Å². The minimum absolute atomic E-state index is 0.0109. The molecule has 0 saturated carbocycles. The summed E-state index contributed by atoms with van der Waals surface area (Å²) in [5, 5.41) is 10.6. The van der Waals surface area contributed by atoms with Gasteiger partial charge in [-0.1, -0.05) is 13.8 Å². The molecule has 1 saturated heterocycles. The standard InChI is InChI=1S/C16H22N2O6S/c1-12(2)9-17(14-7-8-25(22,23)11-14)16(19)10-24-15-5-3-13(4-6-15)18(20)21/h3-6,12,14H,7-11H2,1-2H3/t14-/m0/s1. The van der Waals surface area contributed by atoms with Crippen LogP contribution in [0.5, 0.6) is 5.75 Å². The SMILES string of the molecule is CC(C)CN(C(=O)COc1ccc([N+](=O)[O-])cc1)[C@H]1CCS(=O)(=O)C1. The fraction of sp³-hybridized carbons (Fsp3) is 0.562. The topological polar surface area (TPSA) is 107 Å². The minimum atomic E-state index is -3.09. The molecular formula is C16H22N2O6S. The van der Waals surface area contributed by atoms with Crippen LogP contribution in [0.15, 0.2) is 24.3 Å². The number of carbonyl (C=O) groups excluding carboxylic acids is 1. The number of ether oxygens (including phenoxy) is 1. The number of nitro benzene ring substituents is 1. The van der Waals surface area contributed by atoms with Crippen molar-refractivity contribution < 1.29 is 22.9 Å². The number of amides is 1. The van der Waals surface area contributed by atoms with Gasteiger partial charge in [-0.2, -0.15) is 0 Å². The summed E-state index contributed by atoms with van der Waals surface area (Å²) in [5.74, 6) is 0.356. The molecule has 0 bridgehead atoms. The quantitative estimate of drug-likeness (QED) is 0.533. The maximum Gasteiger partial charge on any atom is 0.269 e. The van der Waals surface area contributed by atoms with E-state index in [1.54, 1.807) is 4.90 Å². The van der Waals surface area contributed by atoms with Crippen molar-refractivity contribution in [2.75, 3.05) is 24.7 Å². The summed E-state index contributed by atoms with van der Waals surface area (Å²) in [6, 6.07) is 5.14. The van der Waals surface area contributed by atoms with E-state index in [4.69, 9.17) is 4.74 Å². The lowest BCUT2D eigenvalue weighted by Crippen LogP contribution is -2.45. The predicted octanol–water partition coefficient (Wildman–Crippen LogP) is 1.65. The van der Waals surface area contributed by atoms with Gasteiger partial charge in [0.2, 0.25) is 0 Å². The van der Waals surface area contributed by atoms with Crippen LogP contribution in [0.1, 0.15) is 20.3 Å². The Morgan fingerprint density at radius 3 is 2.48 bits per heavy atom. The third-order valence-corrected chi connectivity index (χ3v) is 5.69. The summed E-state index contributed by atoms with van der Waals surface area (Å²) in [5.41, 5.74) is -0.0590. The number of benzene rings is 1. The molecule has 2 rings (SSSR count). The average molecular weight is 370 g/mol. The zero-order chi connectivity index (χ0) is 18.6. The normalized spacial score (nSPS) is 18.9. The van der Waals surface area contributed by atoms with Crippen molar-refractivity contribution >= 4 is 21.4 Å². The number of non-ortho nitro benzene ring substituents is 1. The summed E-state index contributed by atoms with van der Waals surface area (Å²) in [4.78, 5) is 24.2. The van der Waals surface area contributed by atoms with Gasteiger partial charge in [0, 0.05) is 24.7 Å². The molecule has 0 unspecified atom stereocenters. The van der Waals surface area contributed by atoms with Crippen molar-refractivity contribution in [2.24, 2.45) is 5.92 Å². The lowest BCUT2D eigenvalue weighted by Gasteiger charge is -2.29. The van der Waals surface area contributed by atoms with E-state index in [1.165, 1.54) is 24.3 Å². The van der Waals surface area contributed by atoms with Crippen LogP contribution < -0.4 is 4.74 Å². The van der Waals surface area contributed by atoms with Crippen LogP contribution in [0, 0.1) is 16.0 Å². The molecule has 138 valence electrons. The second-order valence-electron chi connectivity index (χ2n) is 6.54. The van der Waals surface area contributed by atoms with E-state index >= 15 is 0 Å². The molecule has 0 radical (unpaired) electrons. The molecule has 9 heteroatoms. The van der Waals surface area contributed by atoms with Gasteiger partial charge in [0.15, 0.2) is 16.4 Å². The lowest BCUT2D eigenvalue weighted by atomic mass is 10.1. The average Bonchev–Trinajstić information content (AvgIpc) is 2.90. The molecule has 25 heavy (non-hydrogen) atoms. The van der Waals surface area contributed by atoms with E-state index < -0.39 is 14.8 Å². The van der Waals surface area contributed by atoms with Crippen LogP contribution in [0.25, 0.3) is 0 Å². The largest absolute Gasteiger partial charge is 0.484 e. The molecule has 1 aliphatic heterocycles. The monoisotopic (exact) mass is 370 g/mol. The highest BCUT2D eigenvalue weighted by atomic mass is 32.2. The Morgan fingerprint density at radius 2 is 2.00 bits per heavy atom. The van der Waals surface area contributed by atoms with Crippen molar-refractivity contribution in [3.05, 3.63) is 34.4 Å². The molecule has 1 aromatic carbocycles. The van der Waals surface area contributed by atoms with Crippen LogP contribution in [-0.2, 0) is 14.6 Å². The maximum absolute atomic E-state index is 12.5. The number of hydrogen-bond donors (Lipinski definition) is 0. The summed E-state index contributed by atoms with van der Waals surface area (Å²) in [6.45, 7) is 4.14. The Hall–Kier alpha value is -2.16. The summed E-state index contributed by atoms with van der Waals surface area (Å²) in [6.07, 6.45) is 0.443. The zero-order valence-corrected chi connectivity index (χ0v) is 15.1. The van der Waals surface area contributed by atoms with Gasteiger partial charge in [-0.25, -0.2) is 8.42 Å². The first-order valence-electron chi connectivity index (χ1n) is 8.05. The number of carbonyl (C=O) groups is 1. The third kappa shape index (κ3) is 5.42. The second-order valence-corrected chi connectivity index (χ2v) is 8.77. The Balaban J connectivity index is 2.00. The van der Waals surface area contributed by atoms with Gasteiger partial charge >= 0.3 is 0 Å². The van der Waals surface area contributed by atoms with Gasteiger partial charge in [-0.3, -0.25) is 14.9 Å². The van der Waals surface area contributed by atoms with Crippen LogP contribution >= 0.6 is 0 Å². The van der Waals surface area contributed by atoms with Crippen LogP contribution in [0.4, 0.5) is 5.69 Å². The van der Waals surface area contributed by atoms with Crippen molar-refractivity contribution in [3.8, 4) is 5.75 Å². The van der Waals surface area contributed by atoms with Gasteiger partial charge in [0.05, 0.1) is 16.4 Å². The second kappa shape index (κ2) is 7.81. The molecule has 1 aliphatic rings. The maximum atomic E-state index is 12.5. The van der Waals surface area contributed by atoms with Crippen molar-refractivity contribution in [1.29, 1.82) is 0 Å². The highest BCUT2D eigenvalue weighted by Gasteiger charge is 2.34. The van der Waals surface area contributed by atoms with E-state index in [0.29, 0.717) is 18.7 Å². The molecule has 8 nitrogen and oxygen atoms in total. The highest BCUT2D eigenvalue weighted by Crippen LogP contribution is 2.21. The molecule has 1 atom stereocenters. The van der Waals surface area contributed by atoms with Crippen LogP contribution in [0.3, 0.4) is 0 Å². The Morgan fingerprint density at radius 1 is 1.36 bits per heavy atom. The van der Waals surface area contributed by atoms with Gasteiger partial charge in [0.1, 0.15) is 5.75 Å². The van der Waals surface area contributed by atoms with Crippen molar-refractivity contribution in [3.63, 3.8) is 0 Å². The van der Waals surface area contributed by atoms with E-state index in [2.05, 4.69) is 0 Å². The zero-order valence-electron chi connectivity index (χ0n) is 14.3. The first kappa shape index (κ1) is 19.2. The molecule has 1 heterocycles. The minimum Gasteiger partial charge on any atom is -0.484 e. The van der Waals surface area contributed by atoms with E-state index in [-0.39, 0.29) is 41.7 Å². The Bertz CT molecular complexity index is 729. The van der Waals surface area contributed by atoms with Crippen molar-refractivity contribution in [1.82, 2.24) is 4.90 Å². The smallest absolute Gasteiger partial charge is 0.269 e. The van der Waals surface area contributed by atoms with Crippen LogP contribution in [0.2, 0.25) is 0 Å². The molecule has 0 aromatic heterocycles. The first-order chi connectivity index (χ1) is 11.7. The van der Waals surface area contributed by atoms with Crippen LogP contribution in [-0.4, -0.2) is 54.8 Å². The number of nitrogens with zero attached hydrogens (tertiary/aromatic N) is 2. The molecule has 0 aliphatic carbocycles. The fourth-order valence-corrected chi connectivity index (χ4v) is 4.49. The van der Waals surface area contributed by atoms with Gasteiger partial charge in [-0.15, -0.1) is 0 Å². The fourth-order valence-electron chi connectivity index (χ4n) is 2.76. The third-order valence-electron chi connectivity index (χ3n) is 3.94. The number of hydrogen-bond acceptors (Lipinski definition) is 6. The molecule has 0 N–H and O–H groups in total.